The quantitative estimate of drug-likeness (QED) is 0.612. The zero-order chi connectivity index (χ0) is 21.0. The number of rotatable bonds is 6. The number of ether oxygens (including phenoxy) is 2. The van der Waals surface area contributed by atoms with Crippen molar-refractivity contribution < 1.29 is 28.0 Å². The van der Waals surface area contributed by atoms with Gasteiger partial charge in [0.05, 0.1) is 30.2 Å². The lowest BCUT2D eigenvalue weighted by atomic mass is 10.2. The van der Waals surface area contributed by atoms with E-state index in [1.807, 2.05) is 13.8 Å². The maximum Gasteiger partial charge on any atom is 0.273 e. The number of nitrogens with one attached hydrogen (secondary N) is 2. The molecule has 2 amide bonds. The third-order valence-electron chi connectivity index (χ3n) is 4.37. The molecule has 152 valence electrons. The first-order valence-electron chi connectivity index (χ1n) is 8.78. The predicted molar refractivity (Wildman–Crippen MR) is 102 cm³/mol. The third kappa shape index (κ3) is 4.40. The second kappa shape index (κ2) is 8.51. The molecule has 0 unspecified atom stereocenters. The monoisotopic (exact) mass is 399 g/mol. The second-order valence-corrected chi connectivity index (χ2v) is 6.26. The van der Waals surface area contributed by atoms with Gasteiger partial charge in [-0.25, -0.2) is 0 Å². The number of furan rings is 1. The van der Waals surface area contributed by atoms with Crippen LogP contribution in [0.1, 0.15) is 43.5 Å². The summed E-state index contributed by atoms with van der Waals surface area (Å²) in [5, 5.41) is 3.89. The molecule has 0 atom stereocenters. The van der Waals surface area contributed by atoms with Crippen molar-refractivity contribution in [2.75, 3.05) is 7.11 Å². The van der Waals surface area contributed by atoms with Crippen LogP contribution >= 0.6 is 0 Å². The molecule has 2 aromatic heterocycles. The minimum absolute atomic E-state index is 0.253. The van der Waals surface area contributed by atoms with E-state index in [1.165, 1.54) is 25.5 Å². The average molecular weight is 399 g/mol. The fourth-order valence-corrected chi connectivity index (χ4v) is 2.66. The van der Waals surface area contributed by atoms with Gasteiger partial charge in [0.2, 0.25) is 0 Å². The van der Waals surface area contributed by atoms with E-state index < -0.39 is 11.8 Å². The fraction of sp³-hybridized carbons (Fsp3) is 0.250. The number of aromatic nitrogens is 1. The Bertz CT molecular complexity index is 1020. The molecule has 0 spiro atoms. The largest absolute Gasteiger partial charge is 0.493 e. The molecule has 0 aliphatic heterocycles. The van der Waals surface area contributed by atoms with Crippen molar-refractivity contribution in [3.63, 3.8) is 0 Å². The molecule has 0 aliphatic carbocycles. The molecule has 0 radical (unpaired) electrons. The van der Waals surface area contributed by atoms with Crippen molar-refractivity contribution in [2.24, 2.45) is 0 Å². The number of methoxy groups -OCH3 is 1. The van der Waals surface area contributed by atoms with Gasteiger partial charge in [-0.2, -0.15) is 0 Å². The molecule has 3 aromatic rings. The molecule has 0 fully saturated rings. The van der Waals surface area contributed by atoms with E-state index >= 15 is 0 Å². The van der Waals surface area contributed by atoms with Gasteiger partial charge in [-0.1, -0.05) is 5.16 Å². The van der Waals surface area contributed by atoms with Gasteiger partial charge in [-0.15, -0.1) is 0 Å². The lowest BCUT2D eigenvalue weighted by molar-refractivity contribution is 0.0845. The summed E-state index contributed by atoms with van der Waals surface area (Å²) in [6, 6.07) is 6.22. The van der Waals surface area contributed by atoms with Gasteiger partial charge in [0.25, 0.3) is 11.8 Å². The Morgan fingerprint density at radius 3 is 2.41 bits per heavy atom. The number of nitrogens with zero attached hydrogens (tertiary/aromatic N) is 1. The maximum absolute atomic E-state index is 12.4. The van der Waals surface area contributed by atoms with Crippen molar-refractivity contribution in [1.29, 1.82) is 0 Å². The molecule has 3 rings (SSSR count). The third-order valence-corrected chi connectivity index (χ3v) is 4.37. The zero-order valence-electron chi connectivity index (χ0n) is 16.5. The zero-order valence-corrected chi connectivity index (χ0v) is 16.5. The number of carbonyl (C=O) groups is 2. The lowest BCUT2D eigenvalue weighted by Crippen LogP contribution is -2.41. The van der Waals surface area contributed by atoms with Crippen LogP contribution in [0.15, 0.2) is 39.5 Å². The molecule has 29 heavy (non-hydrogen) atoms. The summed E-state index contributed by atoms with van der Waals surface area (Å²) < 4.78 is 21.3. The first-order valence-corrected chi connectivity index (χ1v) is 8.78. The summed E-state index contributed by atoms with van der Waals surface area (Å²) in [5.74, 6) is 0.994. The van der Waals surface area contributed by atoms with E-state index in [-0.39, 0.29) is 12.2 Å². The Balaban J connectivity index is 1.65. The summed E-state index contributed by atoms with van der Waals surface area (Å²) in [4.78, 5) is 24.4. The van der Waals surface area contributed by atoms with Crippen LogP contribution in [-0.2, 0) is 6.61 Å². The first-order chi connectivity index (χ1) is 13.9. The molecule has 0 aliphatic rings. The van der Waals surface area contributed by atoms with Gasteiger partial charge < -0.3 is 18.4 Å². The maximum atomic E-state index is 12.4. The van der Waals surface area contributed by atoms with E-state index in [9.17, 15) is 9.59 Å². The van der Waals surface area contributed by atoms with E-state index in [2.05, 4.69) is 16.0 Å². The normalized spacial score (nSPS) is 10.5. The van der Waals surface area contributed by atoms with Crippen LogP contribution in [0.4, 0.5) is 0 Å². The highest BCUT2D eigenvalue weighted by Gasteiger charge is 2.16. The topological polar surface area (TPSA) is 116 Å². The first kappa shape index (κ1) is 20.0. The number of aryl methyl sites for hydroxylation is 3. The summed E-state index contributed by atoms with van der Waals surface area (Å²) >= 11 is 0. The van der Waals surface area contributed by atoms with E-state index in [0.29, 0.717) is 28.6 Å². The predicted octanol–water partition coefficient (Wildman–Crippen LogP) is 2.86. The highest BCUT2D eigenvalue weighted by molar-refractivity contribution is 5.99. The van der Waals surface area contributed by atoms with Crippen molar-refractivity contribution in [3.05, 3.63) is 64.4 Å². The van der Waals surface area contributed by atoms with Gasteiger partial charge in [0, 0.05) is 5.56 Å². The van der Waals surface area contributed by atoms with Crippen molar-refractivity contribution >= 4 is 11.8 Å². The van der Waals surface area contributed by atoms with Crippen molar-refractivity contribution in [3.8, 4) is 11.5 Å². The second-order valence-electron chi connectivity index (χ2n) is 6.26. The van der Waals surface area contributed by atoms with Crippen molar-refractivity contribution in [1.82, 2.24) is 16.0 Å². The fourth-order valence-electron chi connectivity index (χ4n) is 2.66. The molecular weight excluding hydrogens is 378 g/mol. The van der Waals surface area contributed by atoms with Gasteiger partial charge in [-0.05, 0) is 45.0 Å². The van der Waals surface area contributed by atoms with Gasteiger partial charge in [-0.3, -0.25) is 20.4 Å². The Labute approximate surface area is 166 Å². The minimum atomic E-state index is -0.505. The number of carbonyl (C=O) groups excluding carboxylic acids is 2. The van der Waals surface area contributed by atoms with Gasteiger partial charge in [0.1, 0.15) is 18.1 Å². The number of benzene rings is 1. The van der Waals surface area contributed by atoms with Crippen LogP contribution in [0.5, 0.6) is 11.5 Å². The average Bonchev–Trinajstić information content (AvgIpc) is 3.29. The smallest absolute Gasteiger partial charge is 0.273 e. The summed E-state index contributed by atoms with van der Waals surface area (Å²) in [6.45, 7) is 5.55. The van der Waals surface area contributed by atoms with Crippen LogP contribution in [0.25, 0.3) is 0 Å². The molecule has 0 bridgehead atoms. The highest BCUT2D eigenvalue weighted by Crippen LogP contribution is 2.29. The number of hydrogen-bond acceptors (Lipinski definition) is 7. The molecule has 2 heterocycles. The van der Waals surface area contributed by atoms with Crippen LogP contribution < -0.4 is 20.3 Å². The van der Waals surface area contributed by atoms with E-state index in [1.54, 1.807) is 19.1 Å². The van der Waals surface area contributed by atoms with Crippen LogP contribution in [-0.4, -0.2) is 24.1 Å². The Morgan fingerprint density at radius 1 is 1.03 bits per heavy atom. The Morgan fingerprint density at radius 2 is 1.79 bits per heavy atom. The van der Waals surface area contributed by atoms with Crippen LogP contribution in [0, 0.1) is 20.8 Å². The van der Waals surface area contributed by atoms with Crippen molar-refractivity contribution in [2.45, 2.75) is 27.4 Å². The molecule has 9 nitrogen and oxygen atoms in total. The lowest BCUT2D eigenvalue weighted by Gasteiger charge is -2.12. The molecule has 1 aromatic carbocycles. The number of hydrazine groups is 1. The summed E-state index contributed by atoms with van der Waals surface area (Å²) in [5.41, 5.74) is 6.93. The van der Waals surface area contributed by atoms with Crippen LogP contribution in [0.2, 0.25) is 0 Å². The molecular formula is C20H21N3O6. The van der Waals surface area contributed by atoms with E-state index in [0.717, 1.165) is 11.3 Å². The van der Waals surface area contributed by atoms with Gasteiger partial charge >= 0.3 is 0 Å². The molecule has 9 heteroatoms. The molecule has 0 saturated carbocycles. The summed E-state index contributed by atoms with van der Waals surface area (Å²) in [7, 11) is 1.48. The minimum Gasteiger partial charge on any atom is -0.493 e. The number of amides is 2. The Kier molecular flexibility index (Phi) is 5.87. The highest BCUT2D eigenvalue weighted by atomic mass is 16.5. The van der Waals surface area contributed by atoms with Gasteiger partial charge in [0.15, 0.2) is 11.5 Å². The molecule has 2 N–H and O–H groups in total. The molecule has 0 saturated heterocycles. The van der Waals surface area contributed by atoms with Crippen LogP contribution in [0.3, 0.4) is 0 Å². The van der Waals surface area contributed by atoms with E-state index in [4.69, 9.17) is 18.4 Å². The Hall–Kier alpha value is -3.75. The SMILES string of the molecule is COc1cc(C(=O)NNC(=O)c2ccoc2C)ccc1OCc1c(C)noc1C. The standard InChI is InChI=1S/C20H21N3O6/c1-11-16(13(3)29-23-11)10-28-17-6-5-14(9-18(17)26-4)19(24)21-22-20(25)15-7-8-27-12(15)2/h5-9H,10H2,1-4H3,(H,21,24)(H,22,25). The number of hydrogen-bond donors (Lipinski definition) is 2. The summed E-state index contributed by atoms with van der Waals surface area (Å²) in [6.07, 6.45) is 1.40.